The van der Waals surface area contributed by atoms with E-state index in [4.69, 9.17) is 17.3 Å². The number of aromatic amines is 1. The van der Waals surface area contributed by atoms with Gasteiger partial charge in [0.1, 0.15) is 5.69 Å². The van der Waals surface area contributed by atoms with Gasteiger partial charge in [-0.25, -0.2) is 0 Å². The van der Waals surface area contributed by atoms with Crippen LogP contribution in [-0.2, 0) is 0 Å². The predicted octanol–water partition coefficient (Wildman–Crippen LogP) is 3.59. The highest BCUT2D eigenvalue weighted by Crippen LogP contribution is 2.35. The van der Waals surface area contributed by atoms with Crippen molar-refractivity contribution in [3.8, 4) is 11.1 Å². The number of rotatable bonds is 2. The average Bonchev–Trinajstić information content (AvgIpc) is 2.81. The van der Waals surface area contributed by atoms with Gasteiger partial charge in [0.15, 0.2) is 0 Å². The number of benzene rings is 2. The lowest BCUT2D eigenvalue weighted by molar-refractivity contribution is 0.0997. The Labute approximate surface area is 115 Å². The number of hydrogen-bond acceptors (Lipinski definition) is 1. The molecule has 1 aromatic heterocycles. The van der Waals surface area contributed by atoms with Crippen molar-refractivity contribution in [1.29, 1.82) is 0 Å². The van der Waals surface area contributed by atoms with Crippen molar-refractivity contribution in [2.24, 2.45) is 5.73 Å². The lowest BCUT2D eigenvalue weighted by Gasteiger charge is -2.02. The van der Waals surface area contributed by atoms with E-state index in [1.54, 1.807) is 6.07 Å². The molecular formula is C15H11ClN2O. The van der Waals surface area contributed by atoms with Gasteiger partial charge in [-0.1, -0.05) is 54.1 Å². The molecule has 1 amide bonds. The lowest BCUT2D eigenvalue weighted by atomic mass is 10.0. The van der Waals surface area contributed by atoms with Crippen LogP contribution in [0.1, 0.15) is 10.5 Å². The van der Waals surface area contributed by atoms with Gasteiger partial charge in [0, 0.05) is 10.9 Å². The Morgan fingerprint density at radius 1 is 1.05 bits per heavy atom. The van der Waals surface area contributed by atoms with Crippen molar-refractivity contribution in [3.05, 3.63) is 59.2 Å². The van der Waals surface area contributed by atoms with Crippen LogP contribution in [0.3, 0.4) is 0 Å². The fraction of sp³-hybridized carbons (Fsp3) is 0. The summed E-state index contributed by atoms with van der Waals surface area (Å²) in [4.78, 5) is 14.6. The van der Waals surface area contributed by atoms with Crippen LogP contribution in [0.2, 0.25) is 5.02 Å². The maximum absolute atomic E-state index is 11.6. The molecule has 2 aromatic carbocycles. The van der Waals surface area contributed by atoms with E-state index < -0.39 is 5.91 Å². The first-order valence-electron chi connectivity index (χ1n) is 5.84. The van der Waals surface area contributed by atoms with Gasteiger partial charge < -0.3 is 10.7 Å². The van der Waals surface area contributed by atoms with Crippen molar-refractivity contribution in [2.75, 3.05) is 0 Å². The summed E-state index contributed by atoms with van der Waals surface area (Å²) in [6.07, 6.45) is 0. The monoisotopic (exact) mass is 270 g/mol. The van der Waals surface area contributed by atoms with Crippen molar-refractivity contribution >= 4 is 28.4 Å². The number of hydrogen-bond donors (Lipinski definition) is 2. The zero-order chi connectivity index (χ0) is 13.4. The van der Waals surface area contributed by atoms with Crippen molar-refractivity contribution in [1.82, 2.24) is 4.98 Å². The zero-order valence-corrected chi connectivity index (χ0v) is 10.7. The van der Waals surface area contributed by atoms with Gasteiger partial charge >= 0.3 is 0 Å². The standard InChI is InChI=1S/C15H11ClN2O/c16-11-8-4-7-10-12(9-5-2-1-3-6-9)14(15(17)19)18-13(10)11/h1-8,18H,(H2,17,19). The van der Waals surface area contributed by atoms with Crippen molar-refractivity contribution in [3.63, 3.8) is 0 Å². The minimum atomic E-state index is -0.494. The molecule has 0 aliphatic rings. The second-order valence-corrected chi connectivity index (χ2v) is 4.67. The van der Waals surface area contributed by atoms with E-state index in [9.17, 15) is 4.79 Å². The fourth-order valence-electron chi connectivity index (χ4n) is 2.27. The number of nitrogens with two attached hydrogens (primary N) is 1. The van der Waals surface area contributed by atoms with Crippen LogP contribution in [-0.4, -0.2) is 10.9 Å². The maximum Gasteiger partial charge on any atom is 0.265 e. The van der Waals surface area contributed by atoms with E-state index >= 15 is 0 Å². The minimum absolute atomic E-state index is 0.384. The smallest absolute Gasteiger partial charge is 0.265 e. The molecule has 0 atom stereocenters. The number of primary amides is 1. The molecule has 0 fully saturated rings. The van der Waals surface area contributed by atoms with Crippen LogP contribution in [0, 0.1) is 0 Å². The molecule has 0 bridgehead atoms. The molecule has 0 spiro atoms. The summed E-state index contributed by atoms with van der Waals surface area (Å²) >= 11 is 6.15. The van der Waals surface area contributed by atoms with Gasteiger partial charge in [-0.05, 0) is 11.6 Å². The van der Waals surface area contributed by atoms with Crippen LogP contribution < -0.4 is 5.73 Å². The quantitative estimate of drug-likeness (QED) is 0.734. The van der Waals surface area contributed by atoms with E-state index in [1.165, 1.54) is 0 Å². The van der Waals surface area contributed by atoms with Gasteiger partial charge in [-0.15, -0.1) is 0 Å². The molecule has 19 heavy (non-hydrogen) atoms. The summed E-state index contributed by atoms with van der Waals surface area (Å²) in [7, 11) is 0. The van der Waals surface area contributed by atoms with Gasteiger partial charge in [0.2, 0.25) is 0 Å². The first-order valence-corrected chi connectivity index (χ1v) is 6.21. The molecule has 0 aliphatic carbocycles. The van der Waals surface area contributed by atoms with E-state index in [2.05, 4.69) is 4.98 Å². The molecule has 3 nitrogen and oxygen atoms in total. The summed E-state index contributed by atoms with van der Waals surface area (Å²) in [5, 5.41) is 1.47. The van der Waals surface area contributed by atoms with E-state index in [-0.39, 0.29) is 0 Å². The number of para-hydroxylation sites is 1. The molecule has 3 aromatic rings. The summed E-state index contributed by atoms with van der Waals surface area (Å²) in [5.74, 6) is -0.494. The van der Waals surface area contributed by atoms with Crippen LogP contribution in [0.25, 0.3) is 22.0 Å². The number of amides is 1. The molecule has 4 heteroatoms. The number of halogens is 1. The topological polar surface area (TPSA) is 58.9 Å². The van der Waals surface area contributed by atoms with Crippen molar-refractivity contribution in [2.45, 2.75) is 0 Å². The Bertz CT molecular complexity index is 762. The summed E-state index contributed by atoms with van der Waals surface area (Å²) in [6, 6.07) is 15.2. The molecule has 0 saturated carbocycles. The second-order valence-electron chi connectivity index (χ2n) is 4.27. The third-order valence-electron chi connectivity index (χ3n) is 3.09. The van der Waals surface area contributed by atoms with E-state index in [1.807, 2.05) is 42.5 Å². The number of nitrogens with one attached hydrogen (secondary N) is 1. The predicted molar refractivity (Wildman–Crippen MR) is 77.3 cm³/mol. The van der Waals surface area contributed by atoms with E-state index in [0.29, 0.717) is 10.7 Å². The lowest BCUT2D eigenvalue weighted by Crippen LogP contribution is -2.12. The van der Waals surface area contributed by atoms with Crippen LogP contribution >= 0.6 is 11.6 Å². The molecule has 3 N–H and O–H groups in total. The van der Waals surface area contributed by atoms with Crippen LogP contribution in [0.15, 0.2) is 48.5 Å². The number of aromatic nitrogens is 1. The molecule has 3 rings (SSSR count). The van der Waals surface area contributed by atoms with Gasteiger partial charge in [-0.3, -0.25) is 4.79 Å². The normalized spacial score (nSPS) is 10.8. The summed E-state index contributed by atoms with van der Waals surface area (Å²) in [5.41, 5.74) is 8.30. The summed E-state index contributed by atoms with van der Waals surface area (Å²) in [6.45, 7) is 0. The van der Waals surface area contributed by atoms with Crippen LogP contribution in [0.4, 0.5) is 0 Å². The van der Waals surface area contributed by atoms with Gasteiger partial charge in [0.25, 0.3) is 5.91 Å². The Morgan fingerprint density at radius 3 is 2.47 bits per heavy atom. The number of carbonyl (C=O) groups excluding carboxylic acids is 1. The number of H-pyrrole nitrogens is 1. The van der Waals surface area contributed by atoms with Crippen LogP contribution in [0.5, 0.6) is 0 Å². The zero-order valence-electron chi connectivity index (χ0n) is 9.98. The van der Waals surface area contributed by atoms with Gasteiger partial charge in [-0.2, -0.15) is 0 Å². The third-order valence-corrected chi connectivity index (χ3v) is 3.41. The molecule has 94 valence electrons. The fourth-order valence-corrected chi connectivity index (χ4v) is 2.49. The molecule has 0 saturated heterocycles. The second kappa shape index (κ2) is 4.44. The largest absolute Gasteiger partial charge is 0.364 e. The first-order chi connectivity index (χ1) is 9.18. The Kier molecular flexibility index (Phi) is 2.76. The molecular weight excluding hydrogens is 260 g/mol. The highest BCUT2D eigenvalue weighted by atomic mass is 35.5. The Hall–Kier alpha value is -2.26. The SMILES string of the molecule is NC(=O)c1[nH]c2c(Cl)cccc2c1-c1ccccc1. The first kappa shape index (κ1) is 11.8. The van der Waals surface area contributed by atoms with Crippen molar-refractivity contribution < 1.29 is 4.79 Å². The van der Waals surface area contributed by atoms with Gasteiger partial charge in [0.05, 0.1) is 10.5 Å². The number of fused-ring (bicyclic) bond motifs is 1. The maximum atomic E-state index is 11.6. The molecule has 0 unspecified atom stereocenters. The molecule has 0 radical (unpaired) electrons. The summed E-state index contributed by atoms with van der Waals surface area (Å²) < 4.78 is 0. The highest BCUT2D eigenvalue weighted by molar-refractivity contribution is 6.35. The highest BCUT2D eigenvalue weighted by Gasteiger charge is 2.18. The average molecular weight is 271 g/mol. The third kappa shape index (κ3) is 1.88. The molecule has 0 aliphatic heterocycles. The van der Waals surface area contributed by atoms with E-state index in [0.717, 1.165) is 22.0 Å². The minimum Gasteiger partial charge on any atom is -0.364 e. The Morgan fingerprint density at radius 2 is 1.79 bits per heavy atom. The number of carbonyl (C=O) groups is 1. The molecule has 1 heterocycles. The Balaban J connectivity index is 2.42.